The number of para-hydroxylation sites is 1. The Kier molecular flexibility index (Phi) is 8.76. The first-order chi connectivity index (χ1) is 30.7. The smallest absolute Gasteiger partial charge is 0.0541 e. The van der Waals surface area contributed by atoms with Crippen molar-refractivity contribution in [3.63, 3.8) is 0 Å². The van der Waals surface area contributed by atoms with Crippen LogP contribution in [0.25, 0.3) is 114 Å². The van der Waals surface area contributed by atoms with Crippen molar-refractivity contribution >= 4 is 53.3 Å². The molecule has 0 saturated heterocycles. The predicted octanol–water partition coefficient (Wildman–Crippen LogP) is 17.2. The number of benzene rings is 10. The van der Waals surface area contributed by atoms with Crippen molar-refractivity contribution in [3.05, 3.63) is 237 Å². The van der Waals surface area contributed by atoms with Crippen molar-refractivity contribution < 1.29 is 0 Å². The van der Waals surface area contributed by atoms with E-state index in [2.05, 4.69) is 241 Å². The largest absolute Gasteiger partial charge is 0.309 e. The summed E-state index contributed by atoms with van der Waals surface area (Å²) >= 11 is 1.89. The van der Waals surface area contributed by atoms with Gasteiger partial charge in [-0.2, -0.15) is 0 Å². The summed E-state index contributed by atoms with van der Waals surface area (Å²) in [6.07, 6.45) is 0. The molecule has 0 spiro atoms. The van der Waals surface area contributed by atoms with Gasteiger partial charge in [0.2, 0.25) is 0 Å². The third-order valence-electron chi connectivity index (χ3n) is 12.4. The average molecular weight is 806 g/mol. The van der Waals surface area contributed by atoms with E-state index >= 15 is 0 Å². The van der Waals surface area contributed by atoms with E-state index in [0.29, 0.717) is 0 Å². The Balaban J connectivity index is 1.02. The van der Waals surface area contributed by atoms with Crippen LogP contribution in [0.5, 0.6) is 0 Å². The van der Waals surface area contributed by atoms with Gasteiger partial charge in [0.25, 0.3) is 0 Å². The topological polar surface area (TPSA) is 4.93 Å². The first kappa shape index (κ1) is 36.1. The second-order valence-electron chi connectivity index (χ2n) is 16.1. The summed E-state index contributed by atoms with van der Waals surface area (Å²) in [5, 5.41) is 5.10. The summed E-state index contributed by atoms with van der Waals surface area (Å²) in [6.45, 7) is 0. The minimum Gasteiger partial charge on any atom is -0.309 e. The van der Waals surface area contributed by atoms with E-state index in [1.807, 2.05) is 11.3 Å². The van der Waals surface area contributed by atoms with Crippen molar-refractivity contribution in [1.29, 1.82) is 0 Å². The zero-order chi connectivity index (χ0) is 41.0. The van der Waals surface area contributed by atoms with E-state index < -0.39 is 0 Å². The highest BCUT2D eigenvalue weighted by Gasteiger charge is 2.17. The maximum absolute atomic E-state index is 2.43. The SMILES string of the molecule is c1ccc(-c2cccc(-c3cc(-c4ccc5c(c4)c4ccccc4n5-c4cccc(-c5cccc(-c6ccccc6)c5)c4)cc(-c4cccc5c4sc4ccccc45)c3)c2)cc1. The van der Waals surface area contributed by atoms with Crippen molar-refractivity contribution in [1.82, 2.24) is 4.57 Å². The molecule has 0 saturated carbocycles. The molecule has 12 rings (SSSR count). The fourth-order valence-electron chi connectivity index (χ4n) is 9.36. The second kappa shape index (κ2) is 15.0. The number of hydrogen-bond donors (Lipinski definition) is 0. The van der Waals surface area contributed by atoms with Gasteiger partial charge in [-0.25, -0.2) is 0 Å². The maximum atomic E-state index is 2.43. The minimum absolute atomic E-state index is 1.14. The molecule has 10 aromatic carbocycles. The molecule has 0 aliphatic rings. The predicted molar refractivity (Wildman–Crippen MR) is 266 cm³/mol. The zero-order valence-corrected chi connectivity index (χ0v) is 34.7. The van der Waals surface area contributed by atoms with Crippen LogP contribution < -0.4 is 0 Å². The monoisotopic (exact) mass is 805 g/mol. The lowest BCUT2D eigenvalue weighted by Crippen LogP contribution is -1.94. The molecule has 0 bridgehead atoms. The van der Waals surface area contributed by atoms with Crippen molar-refractivity contribution in [2.24, 2.45) is 0 Å². The van der Waals surface area contributed by atoms with E-state index in [1.165, 1.54) is 109 Å². The number of fused-ring (bicyclic) bond motifs is 6. The van der Waals surface area contributed by atoms with Crippen LogP contribution in [0.1, 0.15) is 0 Å². The van der Waals surface area contributed by atoms with Gasteiger partial charge >= 0.3 is 0 Å². The van der Waals surface area contributed by atoms with Gasteiger partial charge in [-0.15, -0.1) is 11.3 Å². The Morgan fingerprint density at radius 2 is 0.726 bits per heavy atom. The van der Waals surface area contributed by atoms with Crippen LogP contribution in [0.4, 0.5) is 0 Å². The Bertz CT molecular complexity index is 3630. The molecule has 0 atom stereocenters. The van der Waals surface area contributed by atoms with Crippen LogP contribution >= 0.6 is 11.3 Å². The third kappa shape index (κ3) is 6.32. The highest BCUT2D eigenvalue weighted by atomic mass is 32.1. The van der Waals surface area contributed by atoms with E-state index in [-0.39, 0.29) is 0 Å². The Labute approximate surface area is 365 Å². The molecule has 0 fully saturated rings. The van der Waals surface area contributed by atoms with Gasteiger partial charge in [-0.05, 0) is 133 Å². The van der Waals surface area contributed by atoms with Crippen LogP contribution in [0.2, 0.25) is 0 Å². The molecule has 12 aromatic rings. The fourth-order valence-corrected chi connectivity index (χ4v) is 10.6. The zero-order valence-electron chi connectivity index (χ0n) is 33.9. The summed E-state index contributed by atoms with van der Waals surface area (Å²) in [7, 11) is 0. The van der Waals surface area contributed by atoms with Gasteiger partial charge < -0.3 is 4.57 Å². The molecule has 0 aliphatic heterocycles. The molecule has 1 nitrogen and oxygen atoms in total. The van der Waals surface area contributed by atoms with Gasteiger partial charge in [0, 0.05) is 36.6 Å². The molecule has 0 unspecified atom stereocenters. The summed E-state index contributed by atoms with van der Waals surface area (Å²) in [5.74, 6) is 0. The van der Waals surface area contributed by atoms with Gasteiger partial charge in [-0.3, -0.25) is 0 Å². The van der Waals surface area contributed by atoms with E-state index in [9.17, 15) is 0 Å². The molecule has 0 N–H and O–H groups in total. The molecule has 0 amide bonds. The van der Waals surface area contributed by atoms with Crippen LogP contribution in [-0.4, -0.2) is 4.57 Å². The molecule has 0 radical (unpaired) electrons. The number of hydrogen-bond acceptors (Lipinski definition) is 1. The fraction of sp³-hybridized carbons (Fsp3) is 0. The average Bonchev–Trinajstić information content (AvgIpc) is 3.90. The van der Waals surface area contributed by atoms with Crippen molar-refractivity contribution in [2.75, 3.05) is 0 Å². The second-order valence-corrected chi connectivity index (χ2v) is 17.2. The van der Waals surface area contributed by atoms with Crippen LogP contribution in [0.15, 0.2) is 237 Å². The van der Waals surface area contributed by atoms with Crippen molar-refractivity contribution in [2.45, 2.75) is 0 Å². The maximum Gasteiger partial charge on any atom is 0.0541 e. The third-order valence-corrected chi connectivity index (χ3v) is 13.6. The quantitative estimate of drug-likeness (QED) is 0.151. The lowest BCUT2D eigenvalue weighted by molar-refractivity contribution is 1.18. The van der Waals surface area contributed by atoms with Crippen LogP contribution in [-0.2, 0) is 0 Å². The van der Waals surface area contributed by atoms with Crippen LogP contribution in [0.3, 0.4) is 0 Å². The summed E-state index contributed by atoms with van der Waals surface area (Å²) in [5.41, 5.74) is 18.0. The first-order valence-electron chi connectivity index (χ1n) is 21.2. The van der Waals surface area contributed by atoms with Gasteiger partial charge in [0.15, 0.2) is 0 Å². The molecular formula is C60H39NS. The van der Waals surface area contributed by atoms with E-state index in [1.54, 1.807) is 0 Å². The lowest BCUT2D eigenvalue weighted by atomic mass is 9.91. The molecule has 2 aromatic heterocycles. The Morgan fingerprint density at radius 1 is 0.258 bits per heavy atom. The van der Waals surface area contributed by atoms with Crippen molar-refractivity contribution in [3.8, 4) is 72.4 Å². The first-order valence-corrected chi connectivity index (χ1v) is 22.0. The molecule has 2 heterocycles. The summed E-state index contributed by atoms with van der Waals surface area (Å²) in [6, 6.07) is 86.7. The van der Waals surface area contributed by atoms with Gasteiger partial charge in [-0.1, -0.05) is 170 Å². The number of rotatable bonds is 7. The van der Waals surface area contributed by atoms with Gasteiger partial charge in [0.1, 0.15) is 0 Å². The molecular weight excluding hydrogens is 767 g/mol. The highest BCUT2D eigenvalue weighted by molar-refractivity contribution is 7.26. The van der Waals surface area contributed by atoms with Gasteiger partial charge in [0.05, 0.1) is 11.0 Å². The lowest BCUT2D eigenvalue weighted by Gasteiger charge is -2.14. The molecule has 0 aliphatic carbocycles. The number of aromatic nitrogens is 1. The van der Waals surface area contributed by atoms with E-state index in [4.69, 9.17) is 0 Å². The normalized spacial score (nSPS) is 11.5. The van der Waals surface area contributed by atoms with E-state index in [0.717, 1.165) is 5.69 Å². The molecule has 290 valence electrons. The Morgan fingerprint density at radius 3 is 1.44 bits per heavy atom. The standard InChI is InChI=1S/C60H39NS/c1-3-15-40(16-4-1)42-19-11-21-44(33-42)46-23-13-24-51(38-46)61-57-29-9-7-25-53(57)56-39-47(31-32-58(56)61)49-35-48(45-22-12-20-43(34-45)41-17-5-2-6-18-41)36-50(37-49)52-27-14-28-55-54-26-8-10-30-59(54)62-60(52)55/h1-39H. The summed E-state index contributed by atoms with van der Waals surface area (Å²) < 4.78 is 5.07. The van der Waals surface area contributed by atoms with Crippen LogP contribution in [0, 0.1) is 0 Å². The Hall–Kier alpha value is -7.78. The minimum atomic E-state index is 1.14. The number of thiophene rings is 1. The summed E-state index contributed by atoms with van der Waals surface area (Å²) in [4.78, 5) is 0. The number of nitrogens with zero attached hydrogens (tertiary/aromatic N) is 1. The molecule has 62 heavy (non-hydrogen) atoms. The highest BCUT2D eigenvalue weighted by Crippen LogP contribution is 2.43. The molecule has 2 heteroatoms.